The third kappa shape index (κ3) is 3.53. The standard InChI is InChI=1S/C24H23N3O3S2/c1-15-6-8-16(9-7-15)21(19-5-3-12-31-19)25-20(28)14-27-22(29)24(26-23(27)30)11-2-4-18-17(24)10-13-32-18/h3,5-10,12-13,21H,2,4,11,14H2,1H3,(H,25,28)(H,26,30). The third-order valence-corrected chi connectivity index (χ3v) is 8.10. The number of thiophene rings is 2. The van der Waals surface area contributed by atoms with Crippen molar-refractivity contribution >= 4 is 40.5 Å². The fourth-order valence-corrected chi connectivity index (χ4v) is 6.37. The molecule has 1 aliphatic carbocycles. The van der Waals surface area contributed by atoms with Gasteiger partial charge in [0.1, 0.15) is 12.1 Å². The lowest BCUT2D eigenvalue weighted by atomic mass is 9.80. The molecule has 164 valence electrons. The van der Waals surface area contributed by atoms with Gasteiger partial charge >= 0.3 is 6.03 Å². The maximum atomic E-state index is 13.4. The van der Waals surface area contributed by atoms with Crippen LogP contribution in [0.15, 0.2) is 53.2 Å². The van der Waals surface area contributed by atoms with Gasteiger partial charge in [-0.05, 0) is 54.6 Å². The molecule has 0 saturated carbocycles. The van der Waals surface area contributed by atoms with Gasteiger partial charge in [0.2, 0.25) is 5.91 Å². The van der Waals surface area contributed by atoms with E-state index in [2.05, 4.69) is 10.6 Å². The molecule has 8 heteroatoms. The monoisotopic (exact) mass is 465 g/mol. The summed E-state index contributed by atoms with van der Waals surface area (Å²) >= 11 is 3.16. The minimum absolute atomic E-state index is 0.306. The van der Waals surface area contributed by atoms with E-state index in [1.165, 1.54) is 0 Å². The molecule has 0 bridgehead atoms. The summed E-state index contributed by atoms with van der Waals surface area (Å²) in [6.45, 7) is 1.71. The Labute approximate surface area is 194 Å². The highest BCUT2D eigenvalue weighted by atomic mass is 32.1. The number of carbonyl (C=O) groups excluding carboxylic acids is 3. The van der Waals surface area contributed by atoms with E-state index < -0.39 is 11.6 Å². The van der Waals surface area contributed by atoms with Crippen LogP contribution >= 0.6 is 22.7 Å². The van der Waals surface area contributed by atoms with Crippen LogP contribution in [0.2, 0.25) is 0 Å². The van der Waals surface area contributed by atoms with Gasteiger partial charge in [-0.1, -0.05) is 35.9 Å². The summed E-state index contributed by atoms with van der Waals surface area (Å²) in [6.07, 6.45) is 2.30. The molecule has 5 rings (SSSR count). The zero-order valence-electron chi connectivity index (χ0n) is 17.6. The number of rotatable bonds is 5. The lowest BCUT2D eigenvalue weighted by molar-refractivity contribution is -0.135. The number of aryl methyl sites for hydroxylation is 2. The first kappa shape index (κ1) is 20.9. The Kier molecular flexibility index (Phi) is 5.35. The third-order valence-electron chi connectivity index (χ3n) is 6.18. The first-order chi connectivity index (χ1) is 15.5. The van der Waals surface area contributed by atoms with Crippen LogP contribution in [0.1, 0.15) is 45.3 Å². The first-order valence-electron chi connectivity index (χ1n) is 10.6. The highest BCUT2D eigenvalue weighted by molar-refractivity contribution is 7.10. The maximum absolute atomic E-state index is 13.4. The average molecular weight is 466 g/mol. The van der Waals surface area contributed by atoms with Gasteiger partial charge in [-0.15, -0.1) is 22.7 Å². The molecule has 0 radical (unpaired) electrons. The van der Waals surface area contributed by atoms with Crippen molar-refractivity contribution in [2.45, 2.75) is 37.8 Å². The summed E-state index contributed by atoms with van der Waals surface area (Å²) in [5.41, 5.74) is 1.94. The van der Waals surface area contributed by atoms with E-state index in [-0.39, 0.29) is 24.4 Å². The Morgan fingerprint density at radius 2 is 1.97 bits per heavy atom. The molecule has 4 amide bonds. The SMILES string of the molecule is Cc1ccc(C(NC(=O)CN2C(=O)NC3(CCCc4sccc43)C2=O)c2cccs2)cc1. The smallest absolute Gasteiger partial charge is 0.325 e. The first-order valence-corrected chi connectivity index (χ1v) is 12.3. The maximum Gasteiger partial charge on any atom is 0.325 e. The zero-order valence-corrected chi connectivity index (χ0v) is 19.2. The fourth-order valence-electron chi connectivity index (χ4n) is 4.57. The number of urea groups is 1. The van der Waals surface area contributed by atoms with E-state index in [4.69, 9.17) is 0 Å². The summed E-state index contributed by atoms with van der Waals surface area (Å²) in [6, 6.07) is 13.0. The molecule has 3 heterocycles. The fraction of sp³-hybridized carbons (Fsp3) is 0.292. The number of hydrogen-bond acceptors (Lipinski definition) is 5. The van der Waals surface area contributed by atoms with Crippen LogP contribution in [0.4, 0.5) is 4.79 Å². The Morgan fingerprint density at radius 3 is 2.72 bits per heavy atom. The van der Waals surface area contributed by atoms with Crippen molar-refractivity contribution < 1.29 is 14.4 Å². The van der Waals surface area contributed by atoms with E-state index in [0.29, 0.717) is 6.42 Å². The van der Waals surface area contributed by atoms with Crippen molar-refractivity contribution in [3.8, 4) is 0 Å². The van der Waals surface area contributed by atoms with Crippen molar-refractivity contribution in [2.75, 3.05) is 6.54 Å². The van der Waals surface area contributed by atoms with E-state index in [1.807, 2.05) is 60.1 Å². The Hall–Kier alpha value is -2.97. The van der Waals surface area contributed by atoms with Crippen molar-refractivity contribution in [2.24, 2.45) is 0 Å². The number of amides is 4. The molecule has 32 heavy (non-hydrogen) atoms. The van der Waals surface area contributed by atoms with Crippen molar-refractivity contribution in [3.63, 3.8) is 0 Å². The number of imide groups is 1. The summed E-state index contributed by atoms with van der Waals surface area (Å²) < 4.78 is 0. The molecular weight excluding hydrogens is 442 g/mol. The number of fused-ring (bicyclic) bond motifs is 2. The molecule has 6 nitrogen and oxygen atoms in total. The van der Waals surface area contributed by atoms with Gasteiger partial charge in [0, 0.05) is 15.3 Å². The van der Waals surface area contributed by atoms with Crippen LogP contribution in [0.3, 0.4) is 0 Å². The normalized spacial score (nSPS) is 20.8. The molecular formula is C24H23N3O3S2. The Morgan fingerprint density at radius 1 is 1.16 bits per heavy atom. The van der Waals surface area contributed by atoms with E-state index in [9.17, 15) is 14.4 Å². The van der Waals surface area contributed by atoms with E-state index in [0.717, 1.165) is 44.2 Å². The lowest BCUT2D eigenvalue weighted by Gasteiger charge is -2.31. The molecule has 2 atom stereocenters. The highest BCUT2D eigenvalue weighted by Crippen LogP contribution is 2.42. The van der Waals surface area contributed by atoms with Gasteiger partial charge in [-0.25, -0.2) is 4.79 Å². The second-order valence-corrected chi connectivity index (χ2v) is 10.2. The van der Waals surface area contributed by atoms with Gasteiger partial charge in [0.15, 0.2) is 0 Å². The predicted molar refractivity (Wildman–Crippen MR) is 125 cm³/mol. The quantitative estimate of drug-likeness (QED) is 0.557. The lowest BCUT2D eigenvalue weighted by Crippen LogP contribution is -2.47. The Balaban J connectivity index is 1.36. The number of carbonyl (C=O) groups is 3. The van der Waals surface area contributed by atoms with Gasteiger partial charge < -0.3 is 10.6 Å². The summed E-state index contributed by atoms with van der Waals surface area (Å²) in [4.78, 5) is 42.4. The molecule has 3 aromatic rings. The largest absolute Gasteiger partial charge is 0.343 e. The Bertz CT molecular complexity index is 1170. The molecule has 1 aromatic carbocycles. The van der Waals surface area contributed by atoms with Crippen molar-refractivity contribution in [1.82, 2.24) is 15.5 Å². The second kappa shape index (κ2) is 8.18. The minimum atomic E-state index is -1.03. The van der Waals surface area contributed by atoms with Crippen LogP contribution in [0.5, 0.6) is 0 Å². The van der Waals surface area contributed by atoms with E-state index in [1.54, 1.807) is 22.7 Å². The number of benzene rings is 1. The minimum Gasteiger partial charge on any atom is -0.343 e. The molecule has 1 aliphatic heterocycles. The van der Waals surface area contributed by atoms with Crippen LogP contribution < -0.4 is 10.6 Å². The molecule has 2 aliphatic rings. The number of hydrogen-bond donors (Lipinski definition) is 2. The summed E-state index contributed by atoms with van der Waals surface area (Å²) in [7, 11) is 0. The van der Waals surface area contributed by atoms with Crippen molar-refractivity contribution in [1.29, 1.82) is 0 Å². The zero-order chi connectivity index (χ0) is 22.3. The van der Waals surface area contributed by atoms with Gasteiger partial charge in [-0.3, -0.25) is 14.5 Å². The average Bonchev–Trinajstić information content (AvgIpc) is 3.52. The van der Waals surface area contributed by atoms with Crippen LogP contribution in [0.25, 0.3) is 0 Å². The van der Waals surface area contributed by atoms with Crippen LogP contribution in [-0.2, 0) is 21.5 Å². The molecule has 2 aromatic heterocycles. The number of nitrogens with one attached hydrogen (secondary N) is 2. The van der Waals surface area contributed by atoms with Crippen molar-refractivity contribution in [3.05, 3.63) is 79.7 Å². The summed E-state index contributed by atoms with van der Waals surface area (Å²) in [5.74, 6) is -0.703. The summed E-state index contributed by atoms with van der Waals surface area (Å²) in [5, 5.41) is 9.85. The molecule has 2 unspecified atom stereocenters. The molecule has 2 N–H and O–H groups in total. The molecule has 1 saturated heterocycles. The van der Waals surface area contributed by atoms with Gasteiger partial charge in [-0.2, -0.15) is 0 Å². The number of nitrogens with zero attached hydrogens (tertiary/aromatic N) is 1. The highest BCUT2D eigenvalue weighted by Gasteiger charge is 2.54. The van der Waals surface area contributed by atoms with Gasteiger partial charge in [0.25, 0.3) is 5.91 Å². The topological polar surface area (TPSA) is 78.5 Å². The van der Waals surface area contributed by atoms with Crippen LogP contribution in [0, 0.1) is 6.92 Å². The second-order valence-electron chi connectivity index (χ2n) is 8.26. The van der Waals surface area contributed by atoms with Gasteiger partial charge in [0.05, 0.1) is 6.04 Å². The molecule has 1 fully saturated rings. The predicted octanol–water partition coefficient (Wildman–Crippen LogP) is 4.11. The molecule has 1 spiro atoms. The van der Waals surface area contributed by atoms with Crippen LogP contribution in [-0.4, -0.2) is 29.3 Å². The van der Waals surface area contributed by atoms with E-state index >= 15 is 0 Å².